The summed E-state index contributed by atoms with van der Waals surface area (Å²) < 4.78 is 5.48. The second kappa shape index (κ2) is 11.1. The number of carboxylic acids is 1. The van der Waals surface area contributed by atoms with Gasteiger partial charge in [-0.2, -0.15) is 4.98 Å². The SMILES string of the molecule is O=C(O)COc1ccccc1CN1CCCC(Nc2nccc(N3CCCCCC3)n2)C1. The van der Waals surface area contributed by atoms with Crippen molar-refractivity contribution in [2.24, 2.45) is 0 Å². The molecule has 1 aromatic carbocycles. The number of carbonyl (C=O) groups is 1. The molecule has 4 rings (SSSR count). The number of rotatable bonds is 8. The van der Waals surface area contributed by atoms with E-state index in [0.29, 0.717) is 11.7 Å². The first-order valence-corrected chi connectivity index (χ1v) is 11.7. The van der Waals surface area contributed by atoms with Crippen LogP contribution in [0.25, 0.3) is 0 Å². The maximum Gasteiger partial charge on any atom is 0.341 e. The van der Waals surface area contributed by atoms with Gasteiger partial charge in [-0.1, -0.05) is 31.0 Å². The third kappa shape index (κ3) is 6.32. The molecule has 2 saturated heterocycles. The number of hydrogen-bond donors (Lipinski definition) is 2. The van der Waals surface area contributed by atoms with Crippen molar-refractivity contribution in [2.45, 2.75) is 51.1 Å². The third-order valence-corrected chi connectivity index (χ3v) is 6.13. The number of aliphatic carboxylic acids is 1. The number of likely N-dealkylation sites (tertiary alicyclic amines) is 1. The van der Waals surface area contributed by atoms with E-state index >= 15 is 0 Å². The fourth-order valence-corrected chi connectivity index (χ4v) is 4.55. The van der Waals surface area contributed by atoms with Crippen molar-refractivity contribution in [1.82, 2.24) is 14.9 Å². The van der Waals surface area contributed by atoms with Crippen LogP contribution in [-0.4, -0.2) is 64.8 Å². The van der Waals surface area contributed by atoms with E-state index in [1.807, 2.05) is 36.5 Å². The van der Waals surface area contributed by atoms with Gasteiger partial charge in [0.1, 0.15) is 11.6 Å². The third-order valence-electron chi connectivity index (χ3n) is 6.13. The molecule has 0 radical (unpaired) electrons. The van der Waals surface area contributed by atoms with Crippen molar-refractivity contribution < 1.29 is 14.6 Å². The first-order valence-electron chi connectivity index (χ1n) is 11.7. The summed E-state index contributed by atoms with van der Waals surface area (Å²) in [5.41, 5.74) is 1.01. The van der Waals surface area contributed by atoms with Crippen LogP contribution in [0.5, 0.6) is 5.75 Å². The minimum atomic E-state index is -0.968. The summed E-state index contributed by atoms with van der Waals surface area (Å²) in [4.78, 5) is 24.9. The maximum absolute atomic E-state index is 10.9. The molecular weight excluding hydrogens is 406 g/mol. The first-order chi connectivity index (χ1) is 15.7. The van der Waals surface area contributed by atoms with E-state index in [0.717, 1.165) is 56.9 Å². The lowest BCUT2D eigenvalue weighted by molar-refractivity contribution is -0.139. The van der Waals surface area contributed by atoms with Crippen LogP contribution in [0.1, 0.15) is 44.1 Å². The lowest BCUT2D eigenvalue weighted by Gasteiger charge is -2.33. The van der Waals surface area contributed by atoms with Crippen LogP contribution >= 0.6 is 0 Å². The normalized spacial score (nSPS) is 19.9. The molecule has 32 heavy (non-hydrogen) atoms. The minimum absolute atomic E-state index is 0.273. The molecule has 0 saturated carbocycles. The summed E-state index contributed by atoms with van der Waals surface area (Å²) in [5, 5.41) is 12.5. The zero-order valence-electron chi connectivity index (χ0n) is 18.6. The Morgan fingerprint density at radius 3 is 2.72 bits per heavy atom. The molecule has 2 aliphatic heterocycles. The number of anilines is 2. The number of nitrogens with zero attached hydrogens (tertiary/aromatic N) is 4. The molecule has 2 fully saturated rings. The number of carboxylic acid groups (broad SMARTS) is 1. The van der Waals surface area contributed by atoms with Crippen molar-refractivity contribution in [3.63, 3.8) is 0 Å². The second-order valence-corrected chi connectivity index (χ2v) is 8.65. The number of nitrogens with one attached hydrogen (secondary N) is 1. The van der Waals surface area contributed by atoms with Gasteiger partial charge in [-0.05, 0) is 44.4 Å². The highest BCUT2D eigenvalue weighted by atomic mass is 16.5. The largest absolute Gasteiger partial charge is 0.482 e. The number of ether oxygens (including phenoxy) is 1. The van der Waals surface area contributed by atoms with E-state index in [1.54, 1.807) is 0 Å². The van der Waals surface area contributed by atoms with Crippen LogP contribution in [0.2, 0.25) is 0 Å². The molecule has 1 aromatic heterocycles. The molecule has 1 atom stereocenters. The van der Waals surface area contributed by atoms with Gasteiger partial charge in [0.25, 0.3) is 0 Å². The average molecular weight is 440 g/mol. The van der Waals surface area contributed by atoms with Gasteiger partial charge < -0.3 is 20.1 Å². The fraction of sp³-hybridized carbons (Fsp3) is 0.542. The highest BCUT2D eigenvalue weighted by molar-refractivity contribution is 5.68. The average Bonchev–Trinajstić information content (AvgIpc) is 3.09. The molecule has 2 aliphatic rings. The van der Waals surface area contributed by atoms with E-state index in [1.165, 1.54) is 25.7 Å². The highest BCUT2D eigenvalue weighted by Crippen LogP contribution is 2.23. The van der Waals surface area contributed by atoms with E-state index < -0.39 is 5.97 Å². The van der Waals surface area contributed by atoms with Crippen LogP contribution in [0.4, 0.5) is 11.8 Å². The van der Waals surface area contributed by atoms with Gasteiger partial charge in [0.2, 0.25) is 5.95 Å². The van der Waals surface area contributed by atoms with Gasteiger partial charge in [0, 0.05) is 44.0 Å². The summed E-state index contributed by atoms with van der Waals surface area (Å²) in [6.07, 6.45) is 9.06. The molecule has 1 unspecified atom stereocenters. The van der Waals surface area contributed by atoms with Crippen LogP contribution in [-0.2, 0) is 11.3 Å². The number of benzene rings is 1. The van der Waals surface area contributed by atoms with Crippen LogP contribution in [0.3, 0.4) is 0 Å². The molecule has 0 amide bonds. The summed E-state index contributed by atoms with van der Waals surface area (Å²) in [5.74, 6) is 1.38. The predicted octanol–water partition coefficient (Wildman–Crippen LogP) is 3.40. The van der Waals surface area contributed by atoms with Gasteiger partial charge in [-0.25, -0.2) is 9.78 Å². The van der Waals surface area contributed by atoms with Crippen LogP contribution in [0, 0.1) is 0 Å². The molecule has 8 heteroatoms. The Kier molecular flexibility index (Phi) is 7.77. The monoisotopic (exact) mass is 439 g/mol. The molecule has 8 nitrogen and oxygen atoms in total. The Bertz CT molecular complexity index is 885. The van der Waals surface area contributed by atoms with E-state index in [2.05, 4.69) is 20.1 Å². The van der Waals surface area contributed by atoms with Crippen LogP contribution in [0.15, 0.2) is 36.5 Å². The Labute approximate surface area is 189 Å². The van der Waals surface area contributed by atoms with Gasteiger partial charge >= 0.3 is 5.97 Å². The topological polar surface area (TPSA) is 90.8 Å². The van der Waals surface area contributed by atoms with Crippen molar-refractivity contribution in [2.75, 3.05) is 43.0 Å². The Morgan fingerprint density at radius 2 is 1.91 bits per heavy atom. The highest BCUT2D eigenvalue weighted by Gasteiger charge is 2.22. The second-order valence-electron chi connectivity index (χ2n) is 8.65. The van der Waals surface area contributed by atoms with Gasteiger partial charge in [-0.3, -0.25) is 4.90 Å². The van der Waals surface area contributed by atoms with Gasteiger partial charge in [0.05, 0.1) is 0 Å². The molecule has 0 bridgehead atoms. The first kappa shape index (κ1) is 22.3. The molecule has 0 spiro atoms. The molecular formula is C24H33N5O3. The number of piperidine rings is 1. The molecule has 2 aromatic rings. The Balaban J connectivity index is 1.36. The quantitative estimate of drug-likeness (QED) is 0.647. The maximum atomic E-state index is 10.9. The van der Waals surface area contributed by atoms with E-state index in [-0.39, 0.29) is 12.6 Å². The number of aromatic nitrogens is 2. The van der Waals surface area contributed by atoms with E-state index in [4.69, 9.17) is 14.8 Å². The Hall–Kier alpha value is -2.87. The summed E-state index contributed by atoms with van der Waals surface area (Å²) in [7, 11) is 0. The minimum Gasteiger partial charge on any atom is -0.482 e. The molecule has 172 valence electrons. The van der Waals surface area contributed by atoms with Crippen molar-refractivity contribution >= 4 is 17.7 Å². The van der Waals surface area contributed by atoms with Crippen molar-refractivity contribution in [3.05, 3.63) is 42.1 Å². The van der Waals surface area contributed by atoms with Crippen LogP contribution < -0.4 is 15.0 Å². The van der Waals surface area contributed by atoms with Gasteiger partial charge in [0.15, 0.2) is 6.61 Å². The molecule has 0 aliphatic carbocycles. The standard InChI is InChI=1S/C24H33N5O3/c30-23(31)18-32-21-10-4-3-8-19(21)16-28-13-7-9-20(17-28)26-24-25-12-11-22(27-24)29-14-5-1-2-6-15-29/h3-4,8,10-12,20H,1-2,5-7,9,13-18H2,(H,30,31)(H,25,26,27). The fourth-order valence-electron chi connectivity index (χ4n) is 4.55. The Morgan fingerprint density at radius 1 is 1.09 bits per heavy atom. The lowest BCUT2D eigenvalue weighted by Crippen LogP contribution is -2.42. The lowest BCUT2D eigenvalue weighted by atomic mass is 10.0. The number of hydrogen-bond acceptors (Lipinski definition) is 7. The molecule has 3 heterocycles. The number of para-hydroxylation sites is 1. The smallest absolute Gasteiger partial charge is 0.341 e. The van der Waals surface area contributed by atoms with Gasteiger partial charge in [-0.15, -0.1) is 0 Å². The predicted molar refractivity (Wildman–Crippen MR) is 124 cm³/mol. The van der Waals surface area contributed by atoms with E-state index in [9.17, 15) is 4.79 Å². The summed E-state index contributed by atoms with van der Waals surface area (Å²) >= 11 is 0. The van der Waals surface area contributed by atoms with Crippen molar-refractivity contribution in [3.8, 4) is 5.75 Å². The molecule has 2 N–H and O–H groups in total. The zero-order chi connectivity index (χ0) is 22.2. The zero-order valence-corrected chi connectivity index (χ0v) is 18.6. The summed E-state index contributed by atoms with van der Waals surface area (Å²) in [6.45, 7) is 4.41. The van der Waals surface area contributed by atoms with Crippen molar-refractivity contribution in [1.29, 1.82) is 0 Å². The summed E-state index contributed by atoms with van der Waals surface area (Å²) in [6, 6.07) is 9.95.